The molecule has 1 saturated heterocycles. The molecular formula is C15H22N2O3. The number of carbonyl (C=O) groups excluding carboxylic acids is 1. The number of likely N-dealkylation sites (tertiary alicyclic amines) is 1. The van der Waals surface area contributed by atoms with Crippen LogP contribution in [0.15, 0.2) is 18.2 Å². The lowest BCUT2D eigenvalue weighted by atomic mass is 9.94. The number of hydrogen-bond donors (Lipinski definition) is 3. The number of hydrogen-bond acceptors (Lipinski definition) is 4. The Morgan fingerprint density at radius 2 is 1.85 bits per heavy atom. The molecule has 1 amide bonds. The van der Waals surface area contributed by atoms with Gasteiger partial charge in [0.1, 0.15) is 11.5 Å². The third-order valence-corrected chi connectivity index (χ3v) is 3.84. The van der Waals surface area contributed by atoms with E-state index in [4.69, 9.17) is 0 Å². The summed E-state index contributed by atoms with van der Waals surface area (Å²) in [6, 6.07) is 3.91. The van der Waals surface area contributed by atoms with E-state index in [1.807, 2.05) is 0 Å². The number of benzene rings is 1. The molecule has 1 aromatic carbocycles. The van der Waals surface area contributed by atoms with Crippen LogP contribution < -0.4 is 5.32 Å². The van der Waals surface area contributed by atoms with Crippen molar-refractivity contribution in [1.82, 2.24) is 10.2 Å². The zero-order chi connectivity index (χ0) is 14.5. The summed E-state index contributed by atoms with van der Waals surface area (Å²) in [7, 11) is 2.13. The van der Waals surface area contributed by atoms with E-state index in [-0.39, 0.29) is 23.0 Å². The van der Waals surface area contributed by atoms with Crippen molar-refractivity contribution < 1.29 is 15.0 Å². The molecule has 0 spiro atoms. The minimum Gasteiger partial charge on any atom is -0.508 e. The highest BCUT2D eigenvalue weighted by Crippen LogP contribution is 2.21. The van der Waals surface area contributed by atoms with Gasteiger partial charge in [0.05, 0.1) is 0 Å². The largest absolute Gasteiger partial charge is 0.508 e. The topological polar surface area (TPSA) is 72.8 Å². The number of nitrogens with zero attached hydrogens (tertiary/aromatic N) is 1. The number of aromatic hydroxyl groups is 2. The first-order valence-corrected chi connectivity index (χ1v) is 7.04. The number of carbonyl (C=O) groups is 1. The van der Waals surface area contributed by atoms with Gasteiger partial charge in [0.15, 0.2) is 0 Å². The van der Waals surface area contributed by atoms with E-state index in [2.05, 4.69) is 17.3 Å². The summed E-state index contributed by atoms with van der Waals surface area (Å²) in [5.74, 6) is 0.198. The van der Waals surface area contributed by atoms with Crippen molar-refractivity contribution in [2.24, 2.45) is 5.92 Å². The smallest absolute Gasteiger partial charge is 0.251 e. The summed E-state index contributed by atoms with van der Waals surface area (Å²) in [5.41, 5.74) is 0.283. The second kappa shape index (κ2) is 6.61. The second-order valence-corrected chi connectivity index (χ2v) is 5.53. The molecule has 1 aromatic rings. The number of rotatable bonds is 4. The minimum absolute atomic E-state index is 0.106. The fourth-order valence-electron chi connectivity index (χ4n) is 2.57. The van der Waals surface area contributed by atoms with Crippen molar-refractivity contribution in [3.05, 3.63) is 23.8 Å². The van der Waals surface area contributed by atoms with Gasteiger partial charge in [0, 0.05) is 18.2 Å². The third kappa shape index (κ3) is 4.13. The van der Waals surface area contributed by atoms with Crippen LogP contribution in [0.2, 0.25) is 0 Å². The predicted molar refractivity (Wildman–Crippen MR) is 76.9 cm³/mol. The van der Waals surface area contributed by atoms with E-state index in [1.165, 1.54) is 31.0 Å². The third-order valence-electron chi connectivity index (χ3n) is 3.84. The Balaban J connectivity index is 1.77. The Bertz CT molecular complexity index is 448. The minimum atomic E-state index is -0.260. The van der Waals surface area contributed by atoms with Gasteiger partial charge in [-0.15, -0.1) is 0 Å². The zero-order valence-corrected chi connectivity index (χ0v) is 11.8. The number of phenolic OH excluding ortho intramolecular Hbond substituents is 2. The van der Waals surface area contributed by atoms with Crippen LogP contribution >= 0.6 is 0 Å². The number of nitrogens with one attached hydrogen (secondary N) is 1. The molecule has 1 fully saturated rings. The van der Waals surface area contributed by atoms with E-state index in [9.17, 15) is 15.0 Å². The molecule has 20 heavy (non-hydrogen) atoms. The average molecular weight is 278 g/mol. The summed E-state index contributed by atoms with van der Waals surface area (Å²) < 4.78 is 0. The van der Waals surface area contributed by atoms with Gasteiger partial charge in [-0.25, -0.2) is 0 Å². The van der Waals surface area contributed by atoms with Crippen molar-refractivity contribution in [3.63, 3.8) is 0 Å². The van der Waals surface area contributed by atoms with Crippen LogP contribution in [-0.4, -0.2) is 47.7 Å². The van der Waals surface area contributed by atoms with Gasteiger partial charge in [-0.05, 0) is 57.5 Å². The number of piperidine rings is 1. The first-order chi connectivity index (χ1) is 9.54. The highest BCUT2D eigenvalue weighted by Gasteiger charge is 2.16. The Labute approximate surface area is 119 Å². The highest BCUT2D eigenvalue weighted by molar-refractivity contribution is 5.95. The Kier molecular flexibility index (Phi) is 4.84. The lowest BCUT2D eigenvalue weighted by Crippen LogP contribution is -2.32. The monoisotopic (exact) mass is 278 g/mol. The quantitative estimate of drug-likeness (QED) is 0.781. The fraction of sp³-hybridized carbons (Fsp3) is 0.533. The average Bonchev–Trinajstić information content (AvgIpc) is 2.40. The van der Waals surface area contributed by atoms with Gasteiger partial charge in [-0.2, -0.15) is 0 Å². The lowest BCUT2D eigenvalue weighted by molar-refractivity contribution is 0.0948. The number of amides is 1. The molecule has 5 nitrogen and oxygen atoms in total. The molecule has 110 valence electrons. The number of phenols is 2. The van der Waals surface area contributed by atoms with Crippen LogP contribution in [0.3, 0.4) is 0 Å². The molecule has 5 heteroatoms. The molecule has 3 N–H and O–H groups in total. The molecule has 2 rings (SSSR count). The Morgan fingerprint density at radius 3 is 2.45 bits per heavy atom. The van der Waals surface area contributed by atoms with Crippen LogP contribution in [0.4, 0.5) is 0 Å². The van der Waals surface area contributed by atoms with Gasteiger partial charge < -0.3 is 20.4 Å². The van der Waals surface area contributed by atoms with E-state index < -0.39 is 0 Å². The molecule has 1 heterocycles. The predicted octanol–water partition coefficient (Wildman–Crippen LogP) is 1.56. The van der Waals surface area contributed by atoms with Crippen LogP contribution in [0.5, 0.6) is 11.5 Å². The molecule has 0 unspecified atom stereocenters. The summed E-state index contributed by atoms with van der Waals surface area (Å²) in [4.78, 5) is 14.2. The normalized spacial score (nSPS) is 17.1. The highest BCUT2D eigenvalue weighted by atomic mass is 16.3. The van der Waals surface area contributed by atoms with Crippen LogP contribution in [-0.2, 0) is 0 Å². The van der Waals surface area contributed by atoms with Crippen molar-refractivity contribution in [1.29, 1.82) is 0 Å². The van der Waals surface area contributed by atoms with Crippen molar-refractivity contribution in [3.8, 4) is 11.5 Å². The van der Waals surface area contributed by atoms with E-state index in [0.717, 1.165) is 19.5 Å². The first kappa shape index (κ1) is 14.7. The molecule has 0 radical (unpaired) electrons. The van der Waals surface area contributed by atoms with E-state index in [1.54, 1.807) is 0 Å². The van der Waals surface area contributed by atoms with E-state index >= 15 is 0 Å². The summed E-state index contributed by atoms with van der Waals surface area (Å²) in [6.07, 6.45) is 3.34. The van der Waals surface area contributed by atoms with Gasteiger partial charge in [-0.1, -0.05) is 0 Å². The van der Waals surface area contributed by atoms with Crippen LogP contribution in [0.1, 0.15) is 29.6 Å². The van der Waals surface area contributed by atoms with Crippen molar-refractivity contribution in [2.75, 3.05) is 26.7 Å². The lowest BCUT2D eigenvalue weighted by Gasteiger charge is -2.28. The van der Waals surface area contributed by atoms with E-state index in [0.29, 0.717) is 12.5 Å². The molecule has 0 aliphatic carbocycles. The fourth-order valence-corrected chi connectivity index (χ4v) is 2.57. The maximum absolute atomic E-state index is 11.9. The van der Waals surface area contributed by atoms with Crippen LogP contribution in [0, 0.1) is 5.92 Å². The maximum Gasteiger partial charge on any atom is 0.251 e. The first-order valence-electron chi connectivity index (χ1n) is 7.04. The van der Waals surface area contributed by atoms with Gasteiger partial charge in [0.25, 0.3) is 5.91 Å². The molecule has 0 bridgehead atoms. The van der Waals surface area contributed by atoms with Gasteiger partial charge in [-0.3, -0.25) is 4.79 Å². The SMILES string of the molecule is CN1CCC(CCNC(=O)c2cc(O)cc(O)c2)CC1. The summed E-state index contributed by atoms with van der Waals surface area (Å²) in [5, 5.41) is 21.5. The molecule has 1 aliphatic heterocycles. The van der Waals surface area contributed by atoms with Gasteiger partial charge >= 0.3 is 0 Å². The molecule has 0 atom stereocenters. The van der Waals surface area contributed by atoms with Gasteiger partial charge in [0.2, 0.25) is 0 Å². The van der Waals surface area contributed by atoms with Crippen LogP contribution in [0.25, 0.3) is 0 Å². The molecule has 1 aliphatic rings. The second-order valence-electron chi connectivity index (χ2n) is 5.53. The Hall–Kier alpha value is -1.75. The molecule has 0 saturated carbocycles. The summed E-state index contributed by atoms with van der Waals surface area (Å²) >= 11 is 0. The summed E-state index contributed by atoms with van der Waals surface area (Å²) in [6.45, 7) is 2.88. The zero-order valence-electron chi connectivity index (χ0n) is 11.8. The maximum atomic E-state index is 11.9. The van der Waals surface area contributed by atoms with Crippen molar-refractivity contribution in [2.45, 2.75) is 19.3 Å². The van der Waals surface area contributed by atoms with Crippen molar-refractivity contribution >= 4 is 5.91 Å². The standard InChI is InChI=1S/C15H22N2O3/c1-17-6-3-11(4-7-17)2-5-16-15(20)12-8-13(18)10-14(19)9-12/h8-11,18-19H,2-7H2,1H3,(H,16,20). The molecular weight excluding hydrogens is 256 g/mol. The Morgan fingerprint density at radius 1 is 1.25 bits per heavy atom. The molecule has 0 aromatic heterocycles.